The molecular weight excluding hydrogens is 277 g/mol. The van der Waals surface area contributed by atoms with Gasteiger partial charge in [0.15, 0.2) is 0 Å². The maximum atomic E-state index is 12.9. The largest absolute Gasteiger partial charge is 0.490 e. The lowest BCUT2D eigenvalue weighted by Gasteiger charge is -2.25. The van der Waals surface area contributed by atoms with Gasteiger partial charge < -0.3 is 14.6 Å². The van der Waals surface area contributed by atoms with Crippen LogP contribution in [0.1, 0.15) is 28.8 Å². The Hall–Kier alpha value is -1.76. The predicted octanol–water partition coefficient (Wildman–Crippen LogP) is 2.96. The van der Waals surface area contributed by atoms with Gasteiger partial charge in [0.25, 0.3) is 0 Å². The molecule has 1 saturated heterocycles. The molecule has 0 unspecified atom stereocenters. The Morgan fingerprint density at radius 2 is 1.95 bits per heavy atom. The molecule has 1 aliphatic rings. The number of hydrogen-bond acceptors (Lipinski definition) is 3. The number of rotatable bonds is 3. The molecule has 4 nitrogen and oxygen atoms in total. The van der Waals surface area contributed by atoms with Crippen LogP contribution in [0.4, 0.5) is 13.2 Å². The molecule has 1 aromatic carbocycles. The van der Waals surface area contributed by atoms with E-state index < -0.39 is 23.3 Å². The van der Waals surface area contributed by atoms with Gasteiger partial charge >= 0.3 is 12.1 Å². The Morgan fingerprint density at radius 3 is 2.50 bits per heavy atom. The first-order chi connectivity index (χ1) is 9.38. The van der Waals surface area contributed by atoms with E-state index in [1.54, 1.807) is 0 Å². The van der Waals surface area contributed by atoms with Gasteiger partial charge in [-0.3, -0.25) is 0 Å². The minimum absolute atomic E-state index is 0.339. The molecule has 1 aromatic rings. The molecule has 0 amide bonds. The Kier molecular flexibility index (Phi) is 4.17. The molecule has 0 aromatic heterocycles. The summed E-state index contributed by atoms with van der Waals surface area (Å²) in [6.07, 6.45) is -3.98. The van der Waals surface area contributed by atoms with Crippen molar-refractivity contribution in [2.45, 2.75) is 25.1 Å². The summed E-state index contributed by atoms with van der Waals surface area (Å²) in [5, 5.41) is 8.76. The minimum atomic E-state index is -4.66. The normalized spacial score (nSPS) is 16.9. The van der Waals surface area contributed by atoms with Crippen LogP contribution >= 0.6 is 0 Å². The summed E-state index contributed by atoms with van der Waals surface area (Å²) in [7, 11) is 0. The number of carboxylic acids is 1. The van der Waals surface area contributed by atoms with Crippen LogP contribution in [0.25, 0.3) is 0 Å². The Balaban J connectivity index is 2.28. The summed E-state index contributed by atoms with van der Waals surface area (Å²) in [5.41, 5.74) is -1.49. The summed E-state index contributed by atoms with van der Waals surface area (Å²) in [6.45, 7) is 0.887. The average molecular weight is 290 g/mol. The maximum absolute atomic E-state index is 12.9. The highest BCUT2D eigenvalue weighted by atomic mass is 19.4. The first kappa shape index (κ1) is 14.6. The van der Waals surface area contributed by atoms with Gasteiger partial charge in [-0.15, -0.1) is 0 Å². The van der Waals surface area contributed by atoms with Crippen LogP contribution < -0.4 is 4.74 Å². The van der Waals surface area contributed by atoms with Crippen molar-refractivity contribution in [3.63, 3.8) is 0 Å². The average Bonchev–Trinajstić information content (AvgIpc) is 2.39. The lowest BCUT2D eigenvalue weighted by molar-refractivity contribution is -0.139. The Bertz CT molecular complexity index is 493. The van der Waals surface area contributed by atoms with E-state index in [1.807, 2.05) is 0 Å². The number of aromatic carboxylic acids is 1. The van der Waals surface area contributed by atoms with Crippen LogP contribution in [0, 0.1) is 0 Å². The quantitative estimate of drug-likeness (QED) is 0.930. The lowest BCUT2D eigenvalue weighted by atomic mass is 10.1. The van der Waals surface area contributed by atoms with Gasteiger partial charge in [-0.1, -0.05) is 0 Å². The first-order valence-corrected chi connectivity index (χ1v) is 6.07. The summed E-state index contributed by atoms with van der Waals surface area (Å²) in [6, 6.07) is 2.75. The van der Waals surface area contributed by atoms with E-state index in [0.29, 0.717) is 32.1 Å². The van der Waals surface area contributed by atoms with Crippen molar-refractivity contribution in [2.75, 3.05) is 13.2 Å². The molecule has 0 saturated carbocycles. The fourth-order valence-electron chi connectivity index (χ4n) is 1.96. The number of ether oxygens (including phenoxy) is 2. The molecule has 1 aliphatic heterocycles. The smallest absolute Gasteiger partial charge is 0.419 e. The fraction of sp³-hybridized carbons (Fsp3) is 0.462. The maximum Gasteiger partial charge on any atom is 0.419 e. The highest BCUT2D eigenvalue weighted by Gasteiger charge is 2.36. The molecule has 0 bridgehead atoms. The van der Waals surface area contributed by atoms with Crippen molar-refractivity contribution < 1.29 is 32.5 Å². The molecule has 0 radical (unpaired) electrons. The van der Waals surface area contributed by atoms with Crippen molar-refractivity contribution in [3.05, 3.63) is 29.3 Å². The van der Waals surface area contributed by atoms with E-state index in [0.717, 1.165) is 12.1 Å². The number of carbonyl (C=O) groups is 1. The zero-order valence-corrected chi connectivity index (χ0v) is 10.4. The molecule has 1 fully saturated rings. The molecule has 7 heteroatoms. The van der Waals surface area contributed by atoms with Gasteiger partial charge in [0.2, 0.25) is 0 Å². The highest BCUT2D eigenvalue weighted by Crippen LogP contribution is 2.37. The van der Waals surface area contributed by atoms with Crippen LogP contribution in [0.2, 0.25) is 0 Å². The Labute approximate surface area is 113 Å². The van der Waals surface area contributed by atoms with E-state index in [9.17, 15) is 18.0 Å². The molecule has 0 atom stereocenters. The summed E-state index contributed by atoms with van der Waals surface area (Å²) >= 11 is 0. The van der Waals surface area contributed by atoms with Gasteiger partial charge in [-0.25, -0.2) is 4.79 Å². The second-order valence-electron chi connectivity index (χ2n) is 4.44. The van der Waals surface area contributed by atoms with Crippen LogP contribution in [0.3, 0.4) is 0 Å². The molecule has 20 heavy (non-hydrogen) atoms. The summed E-state index contributed by atoms with van der Waals surface area (Å²) < 4.78 is 49.3. The number of alkyl halides is 3. The Morgan fingerprint density at radius 1 is 1.30 bits per heavy atom. The molecule has 1 N–H and O–H groups in total. The van der Waals surface area contributed by atoms with E-state index >= 15 is 0 Å². The monoisotopic (exact) mass is 290 g/mol. The van der Waals surface area contributed by atoms with Crippen molar-refractivity contribution in [1.29, 1.82) is 0 Å². The van der Waals surface area contributed by atoms with Crippen LogP contribution in [-0.2, 0) is 10.9 Å². The van der Waals surface area contributed by atoms with Crippen LogP contribution in [-0.4, -0.2) is 30.4 Å². The molecule has 1 heterocycles. The summed E-state index contributed by atoms with van der Waals surface area (Å²) in [4.78, 5) is 10.8. The zero-order chi connectivity index (χ0) is 14.8. The van der Waals surface area contributed by atoms with Crippen molar-refractivity contribution in [1.82, 2.24) is 0 Å². The number of halogens is 3. The van der Waals surface area contributed by atoms with Crippen LogP contribution in [0.5, 0.6) is 5.75 Å². The second-order valence-corrected chi connectivity index (χ2v) is 4.44. The van der Waals surface area contributed by atoms with E-state index in [2.05, 4.69) is 0 Å². The van der Waals surface area contributed by atoms with Gasteiger partial charge in [0, 0.05) is 12.8 Å². The van der Waals surface area contributed by atoms with Crippen molar-refractivity contribution in [2.24, 2.45) is 0 Å². The first-order valence-electron chi connectivity index (χ1n) is 6.07. The molecular formula is C13H13F3O4. The van der Waals surface area contributed by atoms with Gasteiger partial charge in [0.05, 0.1) is 24.3 Å². The lowest BCUT2D eigenvalue weighted by Crippen LogP contribution is -2.27. The standard InChI is InChI=1S/C13H13F3O4/c14-13(15,16)10-7-8(12(17)18)1-2-11(10)20-9-3-5-19-6-4-9/h1-2,7,9H,3-6H2,(H,17,18). The van der Waals surface area contributed by atoms with Crippen molar-refractivity contribution >= 4 is 5.97 Å². The van der Waals surface area contributed by atoms with E-state index in [1.165, 1.54) is 0 Å². The van der Waals surface area contributed by atoms with Gasteiger partial charge in [0.1, 0.15) is 11.9 Å². The van der Waals surface area contributed by atoms with Gasteiger partial charge in [-0.2, -0.15) is 13.2 Å². The molecule has 2 rings (SSSR count). The van der Waals surface area contributed by atoms with Crippen molar-refractivity contribution in [3.8, 4) is 5.75 Å². The molecule has 0 aliphatic carbocycles. The predicted molar refractivity (Wildman–Crippen MR) is 62.9 cm³/mol. The number of carboxylic acid groups (broad SMARTS) is 1. The minimum Gasteiger partial charge on any atom is -0.490 e. The third-order valence-electron chi connectivity index (χ3n) is 2.99. The van der Waals surface area contributed by atoms with Crippen LogP contribution in [0.15, 0.2) is 18.2 Å². The topological polar surface area (TPSA) is 55.8 Å². The van der Waals surface area contributed by atoms with E-state index in [4.69, 9.17) is 14.6 Å². The fourth-order valence-corrected chi connectivity index (χ4v) is 1.96. The summed E-state index contributed by atoms with van der Waals surface area (Å²) in [5.74, 6) is -1.75. The molecule has 110 valence electrons. The number of hydrogen-bond donors (Lipinski definition) is 1. The van der Waals surface area contributed by atoms with Gasteiger partial charge in [-0.05, 0) is 18.2 Å². The second kappa shape index (κ2) is 5.70. The highest BCUT2D eigenvalue weighted by molar-refractivity contribution is 5.88. The third-order valence-corrected chi connectivity index (χ3v) is 2.99. The van der Waals surface area contributed by atoms with E-state index in [-0.39, 0.29) is 11.9 Å². The SMILES string of the molecule is O=C(O)c1ccc(OC2CCOCC2)c(C(F)(F)F)c1. The number of benzene rings is 1. The zero-order valence-electron chi connectivity index (χ0n) is 10.4. The molecule has 0 spiro atoms. The third kappa shape index (κ3) is 3.41.